The number of rotatable bonds is 11. The summed E-state index contributed by atoms with van der Waals surface area (Å²) in [6, 6.07) is 59.4. The zero-order chi connectivity index (χ0) is 45.6. The van der Waals surface area contributed by atoms with Gasteiger partial charge in [-0.05, 0) is 104 Å². The molecule has 3 heterocycles. The van der Waals surface area contributed by atoms with E-state index < -0.39 is 8.07 Å². The summed E-state index contributed by atoms with van der Waals surface area (Å²) >= 11 is 1.85. The van der Waals surface area contributed by atoms with Crippen LogP contribution in [0, 0.1) is 25.0 Å². The molecule has 1 radical (unpaired) electrons. The Balaban J connectivity index is 0.000000182. The van der Waals surface area contributed by atoms with Crippen molar-refractivity contribution < 1.29 is 20.1 Å². The van der Waals surface area contributed by atoms with Gasteiger partial charge in [-0.2, -0.15) is 11.3 Å². The van der Waals surface area contributed by atoms with Crippen LogP contribution in [0.4, 0.5) is 0 Å². The first-order chi connectivity index (χ1) is 32.2. The minimum Gasteiger partial charge on any atom is -0.305 e. The number of fused-ring (bicyclic) bond motifs is 3. The van der Waals surface area contributed by atoms with E-state index in [1.54, 1.807) is 5.56 Å². The fraction of sp³-hybridized carbons (Fsp3) is 0.258. The molecular weight excluding hydrogens is 1030 g/mol. The maximum absolute atomic E-state index is 4.94. The van der Waals surface area contributed by atoms with Crippen molar-refractivity contribution in [1.82, 2.24) is 9.97 Å². The van der Waals surface area contributed by atoms with Gasteiger partial charge in [0.15, 0.2) is 0 Å². The van der Waals surface area contributed by atoms with E-state index in [4.69, 9.17) is 9.97 Å². The van der Waals surface area contributed by atoms with E-state index in [1.165, 1.54) is 108 Å². The van der Waals surface area contributed by atoms with Crippen molar-refractivity contribution in [2.45, 2.75) is 97.7 Å². The van der Waals surface area contributed by atoms with Gasteiger partial charge in [-0.3, -0.25) is 0 Å². The number of thiophene rings is 1. The van der Waals surface area contributed by atoms with Crippen LogP contribution in [0.3, 0.4) is 0 Å². The van der Waals surface area contributed by atoms with Crippen molar-refractivity contribution in [2.24, 2.45) is 5.92 Å². The molecule has 0 amide bonds. The molecule has 0 N–H and O–H groups in total. The van der Waals surface area contributed by atoms with Gasteiger partial charge in [-0.1, -0.05) is 198 Å². The quantitative estimate of drug-likeness (QED) is 0.0953. The van der Waals surface area contributed by atoms with Crippen LogP contribution in [-0.2, 0) is 26.5 Å². The van der Waals surface area contributed by atoms with Gasteiger partial charge in [0.1, 0.15) is 0 Å². The molecule has 10 rings (SSSR count). The summed E-state index contributed by atoms with van der Waals surface area (Å²) in [7, 11) is -1.43. The average Bonchev–Trinajstić information content (AvgIpc) is 3.73. The van der Waals surface area contributed by atoms with Crippen molar-refractivity contribution in [3.63, 3.8) is 0 Å². The van der Waals surface area contributed by atoms with Crippen molar-refractivity contribution >= 4 is 44.8 Å². The Morgan fingerprint density at radius 3 is 1.90 bits per heavy atom. The van der Waals surface area contributed by atoms with E-state index in [9.17, 15) is 0 Å². The summed E-state index contributed by atoms with van der Waals surface area (Å²) in [6.45, 7) is 14.0. The minimum atomic E-state index is -1.43. The average molecular weight is 1090 g/mol. The van der Waals surface area contributed by atoms with Crippen LogP contribution < -0.4 is 5.19 Å². The molecule has 2 nitrogen and oxygen atoms in total. The third-order valence-corrected chi connectivity index (χ3v) is 16.9. The third-order valence-electron chi connectivity index (χ3n) is 13.8. The minimum absolute atomic E-state index is 0. The van der Waals surface area contributed by atoms with E-state index in [-0.39, 0.29) is 20.1 Å². The van der Waals surface area contributed by atoms with E-state index in [0.29, 0.717) is 5.92 Å². The molecule has 1 saturated carbocycles. The molecule has 1 aliphatic carbocycles. The standard InChI is InChI=1S/C34H28NS.C28H34NSi.Ir/c1-3-23(4-2)26-17-18-35-31(21-26)27-15-16-32-30(19-27)34-29(25-13-9-6-10-14-25)20-28(22-33(34)36-32)24-11-7-5-8-12-24;1-21-15-16-24(18-26(21)23-13-9-6-10-14-23)27-19-25(17-22-11-7-5-8-12-22)28(20-29-27)30(2,3)4;/h5-14,16-23H,3-4H2,1-2H3;6,9-10,13-15,18-20,22H,5,7-8,11-12,17H2,1-4H3;/q2*-1;. The molecule has 0 unspecified atom stereocenters. The second-order valence-electron chi connectivity index (χ2n) is 19.3. The van der Waals surface area contributed by atoms with Crippen molar-refractivity contribution in [3.05, 3.63) is 187 Å². The van der Waals surface area contributed by atoms with E-state index in [1.807, 2.05) is 17.5 Å². The van der Waals surface area contributed by atoms with Gasteiger partial charge >= 0.3 is 0 Å². The number of hydrogen-bond acceptors (Lipinski definition) is 3. The van der Waals surface area contributed by atoms with Gasteiger partial charge in [-0.25, -0.2) is 0 Å². The molecule has 0 bridgehead atoms. The molecular formula is C62H62IrN2SSi-2. The van der Waals surface area contributed by atoms with Gasteiger partial charge in [0.05, 0.1) is 8.07 Å². The molecule has 6 aromatic carbocycles. The van der Waals surface area contributed by atoms with Gasteiger partial charge in [0, 0.05) is 37.2 Å². The summed E-state index contributed by atoms with van der Waals surface area (Å²) in [4.78, 5) is 9.68. The van der Waals surface area contributed by atoms with Crippen molar-refractivity contribution in [2.75, 3.05) is 0 Å². The molecule has 0 saturated heterocycles. The summed E-state index contributed by atoms with van der Waals surface area (Å²) < 4.78 is 2.56. The van der Waals surface area contributed by atoms with Gasteiger partial charge in [-0.15, -0.1) is 53.1 Å². The van der Waals surface area contributed by atoms with E-state index in [2.05, 4.69) is 204 Å². The maximum atomic E-state index is 4.94. The number of nitrogens with zero attached hydrogens (tertiary/aromatic N) is 2. The van der Waals surface area contributed by atoms with Crippen LogP contribution in [0.15, 0.2) is 158 Å². The molecule has 67 heavy (non-hydrogen) atoms. The summed E-state index contributed by atoms with van der Waals surface area (Å²) in [5, 5.41) is 4.12. The van der Waals surface area contributed by atoms with Crippen LogP contribution >= 0.6 is 11.3 Å². The number of pyridine rings is 2. The predicted octanol–water partition coefficient (Wildman–Crippen LogP) is 17.3. The Morgan fingerprint density at radius 1 is 0.627 bits per heavy atom. The Bertz CT molecular complexity index is 3050. The van der Waals surface area contributed by atoms with E-state index >= 15 is 0 Å². The van der Waals surface area contributed by atoms with Crippen LogP contribution in [-0.4, -0.2) is 18.0 Å². The fourth-order valence-electron chi connectivity index (χ4n) is 10.1. The molecule has 1 fully saturated rings. The van der Waals surface area contributed by atoms with Gasteiger partial charge in [0.25, 0.3) is 0 Å². The SMILES string of the molecule is CCC(CC)c1ccnc(-c2[c-]cc3sc4cc(-c5ccccc5)cc(-c5ccccc5)c4c3c2)c1.Cc1c[c-]c(-c2cc(CC3CCCCC3)c([Si](C)(C)C)cn2)cc1-c1ccccc1.[Ir]. The first-order valence-electron chi connectivity index (χ1n) is 24.2. The number of hydrogen-bond donors (Lipinski definition) is 0. The smallest absolute Gasteiger partial charge is 0.0798 e. The number of aromatic nitrogens is 2. The van der Waals surface area contributed by atoms with Gasteiger partial charge < -0.3 is 9.97 Å². The zero-order valence-corrected chi connectivity index (χ0v) is 44.2. The molecule has 3 aromatic heterocycles. The third kappa shape index (κ3) is 11.0. The molecule has 0 aliphatic heterocycles. The Kier molecular flexibility index (Phi) is 15.7. The second-order valence-corrected chi connectivity index (χ2v) is 25.5. The largest absolute Gasteiger partial charge is 0.305 e. The van der Waals surface area contributed by atoms with Crippen LogP contribution in [0.25, 0.3) is 76.1 Å². The molecule has 5 heteroatoms. The van der Waals surface area contributed by atoms with Crippen molar-refractivity contribution in [1.29, 1.82) is 0 Å². The number of aryl methyl sites for hydroxylation is 1. The van der Waals surface area contributed by atoms with Crippen LogP contribution in [0.5, 0.6) is 0 Å². The number of benzene rings is 6. The monoisotopic (exact) mass is 1090 g/mol. The summed E-state index contributed by atoms with van der Waals surface area (Å²) in [5.74, 6) is 1.41. The zero-order valence-electron chi connectivity index (χ0n) is 40.0. The van der Waals surface area contributed by atoms with E-state index in [0.717, 1.165) is 41.3 Å². The predicted molar refractivity (Wildman–Crippen MR) is 288 cm³/mol. The Morgan fingerprint density at radius 2 is 1.24 bits per heavy atom. The normalized spacial score (nSPS) is 13.1. The Hall–Kier alpha value is -5.29. The molecule has 341 valence electrons. The molecule has 0 atom stereocenters. The maximum Gasteiger partial charge on any atom is 0.0798 e. The fourth-order valence-corrected chi connectivity index (χ4v) is 12.8. The first-order valence-corrected chi connectivity index (χ1v) is 28.5. The van der Waals surface area contributed by atoms with Gasteiger partial charge in [0.2, 0.25) is 0 Å². The summed E-state index contributed by atoms with van der Waals surface area (Å²) in [5.41, 5.74) is 15.9. The van der Waals surface area contributed by atoms with Crippen molar-refractivity contribution in [3.8, 4) is 55.9 Å². The first kappa shape index (κ1) is 48.2. The van der Waals surface area contributed by atoms with Crippen LogP contribution in [0.2, 0.25) is 19.6 Å². The Labute approximate surface area is 418 Å². The second kappa shape index (κ2) is 21.8. The molecule has 1 aliphatic rings. The van der Waals surface area contributed by atoms with Crippen LogP contribution in [0.1, 0.15) is 81.4 Å². The summed E-state index contributed by atoms with van der Waals surface area (Å²) in [6.07, 6.45) is 14.6. The molecule has 9 aromatic rings. The molecule has 0 spiro atoms. The topological polar surface area (TPSA) is 25.8 Å².